The molecule has 1 N–H and O–H groups in total. The number of halogens is 1. The van der Waals surface area contributed by atoms with E-state index in [2.05, 4.69) is 11.4 Å². The standard InChI is InChI=1S/C13H15ClN2OS/c14-11-4-3-10(18-11)5-8-16-12(17)13(9-15)6-1-2-7-13/h3-4H,1-2,5-8H2,(H,16,17). The molecule has 1 amide bonds. The van der Waals surface area contributed by atoms with E-state index < -0.39 is 5.41 Å². The van der Waals surface area contributed by atoms with Gasteiger partial charge >= 0.3 is 0 Å². The van der Waals surface area contributed by atoms with Crippen molar-refractivity contribution in [1.82, 2.24) is 5.32 Å². The molecular formula is C13H15ClN2OS. The first-order valence-corrected chi connectivity index (χ1v) is 7.29. The maximum absolute atomic E-state index is 12.0. The molecule has 0 spiro atoms. The Labute approximate surface area is 116 Å². The fourth-order valence-electron chi connectivity index (χ4n) is 2.32. The van der Waals surface area contributed by atoms with Gasteiger partial charge < -0.3 is 5.32 Å². The summed E-state index contributed by atoms with van der Waals surface area (Å²) < 4.78 is 0.764. The Kier molecular flexibility index (Phi) is 4.26. The molecule has 0 saturated heterocycles. The number of hydrogen-bond acceptors (Lipinski definition) is 3. The van der Waals surface area contributed by atoms with E-state index in [1.54, 1.807) is 0 Å². The molecule has 0 bridgehead atoms. The highest BCUT2D eigenvalue weighted by atomic mass is 35.5. The number of carbonyl (C=O) groups is 1. The molecular weight excluding hydrogens is 268 g/mol. The van der Waals surface area contributed by atoms with Gasteiger partial charge in [-0.3, -0.25) is 4.79 Å². The van der Waals surface area contributed by atoms with Gasteiger partial charge in [-0.25, -0.2) is 0 Å². The molecule has 1 saturated carbocycles. The molecule has 3 nitrogen and oxygen atoms in total. The van der Waals surface area contributed by atoms with Crippen LogP contribution in [0.15, 0.2) is 12.1 Å². The fraction of sp³-hybridized carbons (Fsp3) is 0.538. The molecule has 1 aliphatic rings. The van der Waals surface area contributed by atoms with Crippen molar-refractivity contribution in [1.29, 1.82) is 5.26 Å². The maximum Gasteiger partial charge on any atom is 0.240 e. The van der Waals surface area contributed by atoms with E-state index in [1.807, 2.05) is 12.1 Å². The molecule has 2 rings (SSSR count). The molecule has 5 heteroatoms. The monoisotopic (exact) mass is 282 g/mol. The van der Waals surface area contributed by atoms with Crippen LogP contribution in [0.1, 0.15) is 30.6 Å². The normalized spacial score (nSPS) is 17.3. The van der Waals surface area contributed by atoms with Crippen molar-refractivity contribution in [2.24, 2.45) is 5.41 Å². The number of nitriles is 1. The molecule has 1 aliphatic carbocycles. The summed E-state index contributed by atoms with van der Waals surface area (Å²) >= 11 is 7.36. The first-order chi connectivity index (χ1) is 8.66. The van der Waals surface area contributed by atoms with Crippen LogP contribution in [-0.2, 0) is 11.2 Å². The van der Waals surface area contributed by atoms with Crippen LogP contribution in [0.3, 0.4) is 0 Å². The SMILES string of the molecule is N#CC1(C(=O)NCCc2ccc(Cl)s2)CCCC1. The zero-order valence-corrected chi connectivity index (χ0v) is 11.6. The summed E-state index contributed by atoms with van der Waals surface area (Å²) in [5.74, 6) is -0.106. The largest absolute Gasteiger partial charge is 0.354 e. The van der Waals surface area contributed by atoms with Crippen molar-refractivity contribution < 1.29 is 4.79 Å². The highest BCUT2D eigenvalue weighted by Gasteiger charge is 2.41. The average molecular weight is 283 g/mol. The Morgan fingerprint density at radius 1 is 1.50 bits per heavy atom. The summed E-state index contributed by atoms with van der Waals surface area (Å²) in [4.78, 5) is 13.2. The minimum Gasteiger partial charge on any atom is -0.354 e. The highest BCUT2D eigenvalue weighted by Crippen LogP contribution is 2.37. The van der Waals surface area contributed by atoms with E-state index in [4.69, 9.17) is 11.6 Å². The van der Waals surface area contributed by atoms with Gasteiger partial charge in [0.15, 0.2) is 0 Å². The van der Waals surface area contributed by atoms with Crippen molar-refractivity contribution in [3.05, 3.63) is 21.3 Å². The van der Waals surface area contributed by atoms with Gasteiger partial charge in [-0.05, 0) is 31.4 Å². The van der Waals surface area contributed by atoms with Crippen LogP contribution < -0.4 is 5.32 Å². The van der Waals surface area contributed by atoms with Crippen molar-refractivity contribution in [2.75, 3.05) is 6.54 Å². The topological polar surface area (TPSA) is 52.9 Å². The minimum atomic E-state index is -0.771. The van der Waals surface area contributed by atoms with E-state index in [0.29, 0.717) is 19.4 Å². The molecule has 0 aliphatic heterocycles. The van der Waals surface area contributed by atoms with Crippen LogP contribution in [0.4, 0.5) is 0 Å². The number of nitrogens with one attached hydrogen (secondary N) is 1. The second kappa shape index (κ2) is 5.73. The molecule has 1 aromatic rings. The summed E-state index contributed by atoms with van der Waals surface area (Å²) in [5, 5.41) is 12.1. The second-order valence-electron chi connectivity index (χ2n) is 4.61. The zero-order chi connectivity index (χ0) is 13.0. The summed E-state index contributed by atoms with van der Waals surface area (Å²) in [6, 6.07) is 6.02. The van der Waals surface area contributed by atoms with Crippen molar-refractivity contribution >= 4 is 28.8 Å². The third-order valence-electron chi connectivity index (χ3n) is 3.39. The number of amides is 1. The Morgan fingerprint density at radius 2 is 2.22 bits per heavy atom. The van der Waals surface area contributed by atoms with Crippen molar-refractivity contribution in [3.63, 3.8) is 0 Å². The van der Waals surface area contributed by atoms with Gasteiger partial charge in [-0.1, -0.05) is 24.4 Å². The second-order valence-corrected chi connectivity index (χ2v) is 6.41. The summed E-state index contributed by atoms with van der Waals surface area (Å²) in [6.45, 7) is 0.569. The van der Waals surface area contributed by atoms with Crippen LogP contribution in [0.2, 0.25) is 4.34 Å². The summed E-state index contributed by atoms with van der Waals surface area (Å²) in [7, 11) is 0. The molecule has 0 aromatic carbocycles. The molecule has 0 unspecified atom stereocenters. The lowest BCUT2D eigenvalue weighted by atomic mass is 9.87. The quantitative estimate of drug-likeness (QED) is 0.922. The Bertz CT molecular complexity index is 472. The number of carbonyl (C=O) groups excluding carboxylic acids is 1. The summed E-state index contributed by atoms with van der Waals surface area (Å²) in [5.41, 5.74) is -0.771. The van der Waals surface area contributed by atoms with Crippen LogP contribution in [0.25, 0.3) is 0 Å². The van der Waals surface area contributed by atoms with Gasteiger partial charge in [0.1, 0.15) is 5.41 Å². The van der Waals surface area contributed by atoms with E-state index >= 15 is 0 Å². The molecule has 0 radical (unpaired) electrons. The minimum absolute atomic E-state index is 0.106. The van der Waals surface area contributed by atoms with Gasteiger partial charge in [-0.2, -0.15) is 5.26 Å². The van der Waals surface area contributed by atoms with E-state index in [9.17, 15) is 10.1 Å². The third-order valence-corrected chi connectivity index (χ3v) is 4.68. The van der Waals surface area contributed by atoms with Gasteiger partial charge in [0, 0.05) is 11.4 Å². The lowest BCUT2D eigenvalue weighted by molar-refractivity contribution is -0.127. The molecule has 1 heterocycles. The molecule has 96 valence electrons. The number of thiophene rings is 1. The van der Waals surface area contributed by atoms with Crippen LogP contribution >= 0.6 is 22.9 Å². The van der Waals surface area contributed by atoms with Crippen LogP contribution in [0.5, 0.6) is 0 Å². The first-order valence-electron chi connectivity index (χ1n) is 6.10. The predicted octanol–water partition coefficient (Wildman–Crippen LogP) is 3.14. The van der Waals surface area contributed by atoms with E-state index in [1.165, 1.54) is 11.3 Å². The fourth-order valence-corrected chi connectivity index (χ4v) is 3.41. The maximum atomic E-state index is 12.0. The zero-order valence-electron chi connectivity index (χ0n) is 10.0. The van der Waals surface area contributed by atoms with E-state index in [-0.39, 0.29) is 5.91 Å². The van der Waals surface area contributed by atoms with Gasteiger partial charge in [-0.15, -0.1) is 11.3 Å². The smallest absolute Gasteiger partial charge is 0.240 e. The van der Waals surface area contributed by atoms with Gasteiger partial charge in [0.05, 0.1) is 10.4 Å². The van der Waals surface area contributed by atoms with Crippen LogP contribution in [0, 0.1) is 16.7 Å². The Balaban J connectivity index is 1.83. The number of nitrogens with zero attached hydrogens (tertiary/aromatic N) is 1. The summed E-state index contributed by atoms with van der Waals surface area (Å²) in [6.07, 6.45) is 4.11. The highest BCUT2D eigenvalue weighted by molar-refractivity contribution is 7.16. The molecule has 0 atom stereocenters. The third kappa shape index (κ3) is 2.85. The van der Waals surface area contributed by atoms with Gasteiger partial charge in [0.25, 0.3) is 0 Å². The Hall–Kier alpha value is -1.05. The van der Waals surface area contributed by atoms with Crippen molar-refractivity contribution in [2.45, 2.75) is 32.1 Å². The lowest BCUT2D eigenvalue weighted by Gasteiger charge is -2.18. The van der Waals surface area contributed by atoms with Gasteiger partial charge in [0.2, 0.25) is 5.91 Å². The molecule has 1 fully saturated rings. The molecule has 1 aromatic heterocycles. The van der Waals surface area contributed by atoms with Crippen LogP contribution in [-0.4, -0.2) is 12.5 Å². The lowest BCUT2D eigenvalue weighted by Crippen LogP contribution is -2.39. The first kappa shape index (κ1) is 13.4. The average Bonchev–Trinajstić information content (AvgIpc) is 2.99. The number of hydrogen-bond donors (Lipinski definition) is 1. The number of rotatable bonds is 4. The molecule has 18 heavy (non-hydrogen) atoms. The van der Waals surface area contributed by atoms with E-state index in [0.717, 1.165) is 28.5 Å². The van der Waals surface area contributed by atoms with Crippen molar-refractivity contribution in [3.8, 4) is 6.07 Å². The predicted molar refractivity (Wildman–Crippen MR) is 72.6 cm³/mol. The Morgan fingerprint density at radius 3 is 2.78 bits per heavy atom.